The van der Waals surface area contributed by atoms with Crippen molar-refractivity contribution in [2.24, 2.45) is 0 Å². The first-order valence-corrected chi connectivity index (χ1v) is 11.9. The van der Waals surface area contributed by atoms with E-state index in [0.717, 1.165) is 17.5 Å². The summed E-state index contributed by atoms with van der Waals surface area (Å²) in [5.74, 6) is -2.22. The van der Waals surface area contributed by atoms with Crippen LogP contribution in [-0.4, -0.2) is 53.9 Å². The Labute approximate surface area is 177 Å². The molecule has 0 aliphatic carbocycles. The lowest BCUT2D eigenvalue weighted by molar-refractivity contribution is -0.148. The summed E-state index contributed by atoms with van der Waals surface area (Å²) in [7, 11) is -3.47. The third-order valence-corrected chi connectivity index (χ3v) is 7.85. The Hall–Kier alpha value is -2.67. The zero-order valence-corrected chi connectivity index (χ0v) is 17.8. The Kier molecular flexibility index (Phi) is 6.92. The lowest BCUT2D eigenvalue weighted by Crippen LogP contribution is -2.43. The summed E-state index contributed by atoms with van der Waals surface area (Å²) in [5.41, 5.74) is 1.49. The summed E-state index contributed by atoms with van der Waals surface area (Å²) >= 11 is 0. The molecule has 30 heavy (non-hydrogen) atoms. The average molecular weight is 430 g/mol. The van der Waals surface area contributed by atoms with Crippen LogP contribution in [0.4, 0.5) is 0 Å². The van der Waals surface area contributed by atoms with Gasteiger partial charge in [0.15, 0.2) is 9.84 Å². The summed E-state index contributed by atoms with van der Waals surface area (Å²) < 4.78 is 25.4. The van der Waals surface area contributed by atoms with E-state index in [-0.39, 0.29) is 24.6 Å². The minimum absolute atomic E-state index is 0.0172. The SMILES string of the molecule is CCCCS(=O)(=O)[C@H]1C[C@@H](C(=O)O)N(C(=O)C(c2ccccc2)c2ccccc2)C1. The van der Waals surface area contributed by atoms with Gasteiger partial charge in [-0.3, -0.25) is 4.79 Å². The van der Waals surface area contributed by atoms with Crippen molar-refractivity contribution >= 4 is 21.7 Å². The maximum absolute atomic E-state index is 13.6. The first-order chi connectivity index (χ1) is 14.3. The number of nitrogens with zero attached hydrogens (tertiary/aromatic N) is 1. The van der Waals surface area contributed by atoms with Crippen LogP contribution in [0.15, 0.2) is 60.7 Å². The molecule has 3 rings (SSSR count). The van der Waals surface area contributed by atoms with Crippen molar-refractivity contribution in [3.8, 4) is 0 Å². The summed E-state index contributed by atoms with van der Waals surface area (Å²) in [5, 5.41) is 8.88. The fraction of sp³-hybridized carbons (Fsp3) is 0.391. The highest BCUT2D eigenvalue weighted by molar-refractivity contribution is 7.92. The van der Waals surface area contributed by atoms with Gasteiger partial charge in [-0.2, -0.15) is 0 Å². The number of carbonyl (C=O) groups is 2. The van der Waals surface area contributed by atoms with Gasteiger partial charge in [0.2, 0.25) is 5.91 Å². The summed E-state index contributed by atoms with van der Waals surface area (Å²) in [4.78, 5) is 26.8. The smallest absolute Gasteiger partial charge is 0.326 e. The van der Waals surface area contributed by atoms with Crippen molar-refractivity contribution in [3.05, 3.63) is 71.8 Å². The molecule has 6 nitrogen and oxygen atoms in total. The van der Waals surface area contributed by atoms with Crippen molar-refractivity contribution in [1.82, 2.24) is 4.90 Å². The van der Waals surface area contributed by atoms with Gasteiger partial charge in [-0.25, -0.2) is 13.2 Å². The minimum atomic E-state index is -3.47. The van der Waals surface area contributed by atoms with Crippen LogP contribution in [0.3, 0.4) is 0 Å². The predicted molar refractivity (Wildman–Crippen MR) is 115 cm³/mol. The van der Waals surface area contributed by atoms with Gasteiger partial charge in [0.05, 0.1) is 16.9 Å². The van der Waals surface area contributed by atoms with E-state index in [4.69, 9.17) is 0 Å². The number of carboxylic acids is 1. The van der Waals surface area contributed by atoms with Crippen LogP contribution < -0.4 is 0 Å². The Morgan fingerprint density at radius 1 is 1.03 bits per heavy atom. The highest BCUT2D eigenvalue weighted by Crippen LogP contribution is 2.32. The van der Waals surface area contributed by atoms with E-state index in [1.54, 1.807) is 0 Å². The number of aliphatic carboxylic acids is 1. The molecular formula is C23H27NO5S. The van der Waals surface area contributed by atoms with E-state index in [1.165, 1.54) is 4.90 Å². The third-order valence-electron chi connectivity index (χ3n) is 5.63. The van der Waals surface area contributed by atoms with Crippen LogP contribution in [0.1, 0.15) is 43.2 Å². The molecule has 160 valence electrons. The minimum Gasteiger partial charge on any atom is -0.480 e. The van der Waals surface area contributed by atoms with Crippen molar-refractivity contribution in [3.63, 3.8) is 0 Å². The molecule has 0 aromatic heterocycles. The molecule has 1 N–H and O–H groups in total. The second-order valence-corrected chi connectivity index (χ2v) is 10.1. The van der Waals surface area contributed by atoms with Gasteiger partial charge in [-0.15, -0.1) is 0 Å². The number of carboxylic acid groups (broad SMARTS) is 1. The number of unbranched alkanes of at least 4 members (excludes halogenated alkanes) is 1. The average Bonchev–Trinajstić information content (AvgIpc) is 3.21. The number of benzene rings is 2. The second-order valence-electron chi connectivity index (χ2n) is 7.68. The largest absolute Gasteiger partial charge is 0.480 e. The van der Waals surface area contributed by atoms with Gasteiger partial charge in [0.1, 0.15) is 6.04 Å². The maximum Gasteiger partial charge on any atom is 0.326 e. The molecule has 0 saturated carbocycles. The fourth-order valence-electron chi connectivity index (χ4n) is 3.98. The van der Waals surface area contributed by atoms with Crippen LogP contribution in [-0.2, 0) is 19.4 Å². The van der Waals surface area contributed by atoms with Crippen molar-refractivity contribution in [2.75, 3.05) is 12.3 Å². The predicted octanol–water partition coefficient (Wildman–Crippen LogP) is 3.09. The molecule has 1 saturated heterocycles. The van der Waals surface area contributed by atoms with Gasteiger partial charge in [-0.05, 0) is 24.0 Å². The molecule has 7 heteroatoms. The molecule has 1 aliphatic heterocycles. The first kappa shape index (κ1) is 22.0. The number of hydrogen-bond acceptors (Lipinski definition) is 4. The van der Waals surface area contributed by atoms with E-state index in [0.29, 0.717) is 6.42 Å². The quantitative estimate of drug-likeness (QED) is 0.696. The van der Waals surface area contributed by atoms with Gasteiger partial charge in [0.25, 0.3) is 0 Å². The van der Waals surface area contributed by atoms with Gasteiger partial charge < -0.3 is 10.0 Å². The zero-order chi connectivity index (χ0) is 21.7. The van der Waals surface area contributed by atoms with E-state index in [1.807, 2.05) is 67.6 Å². The molecule has 2 atom stereocenters. The topological polar surface area (TPSA) is 91.8 Å². The molecule has 0 unspecified atom stereocenters. The van der Waals surface area contributed by atoms with Crippen molar-refractivity contribution in [2.45, 2.75) is 43.4 Å². The lowest BCUT2D eigenvalue weighted by Gasteiger charge is -2.27. The van der Waals surface area contributed by atoms with E-state index < -0.39 is 33.0 Å². The summed E-state index contributed by atoms with van der Waals surface area (Å²) in [6, 6.07) is 17.2. The van der Waals surface area contributed by atoms with Crippen molar-refractivity contribution < 1.29 is 23.1 Å². The van der Waals surface area contributed by atoms with E-state index >= 15 is 0 Å². The molecule has 1 aliphatic rings. The standard InChI is InChI=1S/C23H27NO5S/c1-2-3-14-30(28,29)19-15-20(23(26)27)24(16-19)22(25)21(17-10-6-4-7-11-17)18-12-8-5-9-13-18/h4-13,19-21H,2-3,14-16H2,1H3,(H,26,27)/t19-,20-/m0/s1. The van der Waals surface area contributed by atoms with Crippen LogP contribution >= 0.6 is 0 Å². The monoisotopic (exact) mass is 429 g/mol. The Morgan fingerprint density at radius 2 is 1.57 bits per heavy atom. The zero-order valence-electron chi connectivity index (χ0n) is 17.0. The molecular weight excluding hydrogens is 402 g/mol. The molecule has 0 bridgehead atoms. The van der Waals surface area contributed by atoms with E-state index in [9.17, 15) is 23.1 Å². The Balaban J connectivity index is 1.96. The highest BCUT2D eigenvalue weighted by Gasteiger charge is 2.46. The first-order valence-electron chi connectivity index (χ1n) is 10.2. The number of sulfone groups is 1. The number of carbonyl (C=O) groups excluding carboxylic acids is 1. The van der Waals surface area contributed by atoms with Gasteiger partial charge in [-0.1, -0.05) is 74.0 Å². The van der Waals surface area contributed by atoms with Crippen LogP contribution in [0.2, 0.25) is 0 Å². The molecule has 1 heterocycles. The number of rotatable bonds is 8. The molecule has 1 amide bonds. The molecule has 0 spiro atoms. The van der Waals surface area contributed by atoms with E-state index in [2.05, 4.69) is 0 Å². The summed E-state index contributed by atoms with van der Waals surface area (Å²) in [6.07, 6.45) is 1.20. The van der Waals surface area contributed by atoms with Crippen molar-refractivity contribution in [1.29, 1.82) is 0 Å². The molecule has 2 aromatic carbocycles. The highest BCUT2D eigenvalue weighted by atomic mass is 32.2. The summed E-state index contributed by atoms with van der Waals surface area (Å²) in [6.45, 7) is 1.82. The fourth-order valence-corrected chi connectivity index (χ4v) is 5.87. The normalized spacial score (nSPS) is 19.2. The molecule has 1 fully saturated rings. The number of hydrogen-bond donors (Lipinski definition) is 1. The van der Waals surface area contributed by atoms with Gasteiger partial charge in [0, 0.05) is 6.54 Å². The maximum atomic E-state index is 13.6. The Bertz CT molecular complexity index is 936. The second kappa shape index (κ2) is 9.43. The Morgan fingerprint density at radius 3 is 2.03 bits per heavy atom. The number of likely N-dealkylation sites (tertiary alicyclic amines) is 1. The molecule has 0 radical (unpaired) electrons. The van der Waals surface area contributed by atoms with Crippen LogP contribution in [0, 0.1) is 0 Å². The van der Waals surface area contributed by atoms with Crippen LogP contribution in [0.25, 0.3) is 0 Å². The third kappa shape index (κ3) is 4.73. The lowest BCUT2D eigenvalue weighted by atomic mass is 9.90. The van der Waals surface area contributed by atoms with Gasteiger partial charge >= 0.3 is 5.97 Å². The molecule has 2 aromatic rings. The number of amides is 1. The van der Waals surface area contributed by atoms with Crippen LogP contribution in [0.5, 0.6) is 0 Å².